The number of hydrogen-bond acceptors (Lipinski definition) is 14. The van der Waals surface area contributed by atoms with Crippen molar-refractivity contribution in [2.24, 2.45) is 0 Å². The molecule has 0 radical (unpaired) electrons. The largest absolute Gasteiger partial charge is 0.429 e. The lowest BCUT2D eigenvalue weighted by Gasteiger charge is -2.38. The number of aromatic nitrogens is 2. The Morgan fingerprint density at radius 3 is 1.38 bits per heavy atom. The summed E-state index contributed by atoms with van der Waals surface area (Å²) in [4.78, 5) is 35.0. The summed E-state index contributed by atoms with van der Waals surface area (Å²) < 4.78 is 21.2. The third-order valence-corrected chi connectivity index (χ3v) is 7.00. The molecule has 2 aliphatic rings. The lowest BCUT2D eigenvalue weighted by molar-refractivity contribution is -0.276. The minimum absolute atomic E-state index is 0.0378. The van der Waals surface area contributed by atoms with Crippen molar-refractivity contribution in [3.8, 4) is 0 Å². The molecule has 0 spiro atoms. The molecule has 214 valence electrons. The first-order chi connectivity index (χ1) is 19.0. The van der Waals surface area contributed by atoms with Gasteiger partial charge in [-0.3, -0.25) is 0 Å². The Balaban J connectivity index is 1.43. The van der Waals surface area contributed by atoms with Gasteiger partial charge in [-0.1, -0.05) is 12.1 Å². The summed E-state index contributed by atoms with van der Waals surface area (Å²) in [5, 5.41) is 60.1. The number of benzene rings is 2. The summed E-state index contributed by atoms with van der Waals surface area (Å²) in [7, 11) is 0. The minimum Gasteiger partial charge on any atom is -0.429 e. The number of hydrogen-bond donors (Lipinski definition) is 6. The quantitative estimate of drug-likeness (QED) is 0.162. The Bertz CT molecular complexity index is 1330. The minimum atomic E-state index is -1.69. The topological polar surface area (TPSA) is 218 Å². The van der Waals surface area contributed by atoms with E-state index in [4.69, 9.17) is 18.9 Å². The Morgan fingerprint density at radius 1 is 0.625 bits per heavy atom. The van der Waals surface area contributed by atoms with Crippen molar-refractivity contribution in [3.63, 3.8) is 0 Å². The second kappa shape index (κ2) is 10.9. The van der Waals surface area contributed by atoms with E-state index < -0.39 is 73.4 Å². The number of rotatable bonds is 4. The summed E-state index contributed by atoms with van der Waals surface area (Å²) >= 11 is 0. The van der Waals surface area contributed by atoms with Crippen LogP contribution in [0, 0.1) is 0 Å². The number of esters is 2. The van der Waals surface area contributed by atoms with Gasteiger partial charge in [-0.15, -0.1) is 0 Å². The first kappa shape index (κ1) is 28.2. The molecular formula is C26H28N2O12. The van der Waals surface area contributed by atoms with Crippen LogP contribution in [0.2, 0.25) is 0 Å². The molecule has 0 bridgehead atoms. The zero-order valence-electron chi connectivity index (χ0n) is 21.3. The van der Waals surface area contributed by atoms with Crippen LogP contribution < -0.4 is 0 Å². The van der Waals surface area contributed by atoms with Crippen molar-refractivity contribution < 1.29 is 59.2 Å². The van der Waals surface area contributed by atoms with Gasteiger partial charge >= 0.3 is 11.9 Å². The van der Waals surface area contributed by atoms with E-state index in [1.807, 2.05) is 0 Å². The second-order valence-corrected chi connectivity index (χ2v) is 9.74. The van der Waals surface area contributed by atoms with Crippen molar-refractivity contribution in [1.29, 1.82) is 0 Å². The molecule has 10 atom stereocenters. The van der Waals surface area contributed by atoms with E-state index in [2.05, 4.69) is 9.97 Å². The van der Waals surface area contributed by atoms with E-state index in [9.17, 15) is 40.2 Å². The van der Waals surface area contributed by atoms with Gasteiger partial charge in [0.2, 0.25) is 12.6 Å². The van der Waals surface area contributed by atoms with Gasteiger partial charge in [0, 0.05) is 0 Å². The third-order valence-electron chi connectivity index (χ3n) is 7.00. The molecule has 2 fully saturated rings. The van der Waals surface area contributed by atoms with Gasteiger partial charge in [0.15, 0.2) is 0 Å². The molecule has 2 aromatic carbocycles. The van der Waals surface area contributed by atoms with Gasteiger partial charge in [-0.2, -0.15) is 0 Å². The number of fused-ring (bicyclic) bond motifs is 2. The molecule has 40 heavy (non-hydrogen) atoms. The molecule has 0 amide bonds. The molecule has 14 nitrogen and oxygen atoms in total. The highest BCUT2D eigenvalue weighted by Gasteiger charge is 2.45. The van der Waals surface area contributed by atoms with E-state index in [0.29, 0.717) is 0 Å². The van der Waals surface area contributed by atoms with Crippen LogP contribution in [0.3, 0.4) is 0 Å². The standard InChI is InChI=1S/C26H28N2O12/c1-9-17(29)19(31)21(33)25(37-9)39-23(35)11-5-3-7-13-15(11)27-14-8-4-6-12(16(14)28-13)24(36)40-26-22(34)20(32)18(30)10(2)38-26/h3-10,17-22,25-26,29-34H,1-2H3/t9-,10-,17-,18-,19+,20+,21+,22+,25-,26-/m0/s1. The monoisotopic (exact) mass is 560 g/mol. The maximum Gasteiger partial charge on any atom is 0.342 e. The SMILES string of the molecule is C[C@@H]1O[C@@H](OC(=O)c2cccc3nc4c(C(=O)O[C@@H]5O[C@@H](C)[C@H](O)[C@@H](O)[C@H]5O)cccc4nc23)[C@H](O)[C@H](O)[C@H]1O. The average molecular weight is 561 g/mol. The number of nitrogens with zero attached hydrogens (tertiary/aromatic N) is 2. The first-order valence-electron chi connectivity index (χ1n) is 12.5. The molecule has 0 aliphatic carbocycles. The van der Waals surface area contributed by atoms with Crippen LogP contribution >= 0.6 is 0 Å². The summed E-state index contributed by atoms with van der Waals surface area (Å²) in [5.74, 6) is -1.87. The molecule has 14 heteroatoms. The molecular weight excluding hydrogens is 532 g/mol. The molecule has 0 saturated carbocycles. The summed E-state index contributed by atoms with van der Waals surface area (Å²) in [6, 6.07) is 8.91. The number of aliphatic hydroxyl groups excluding tert-OH is 6. The van der Waals surface area contributed by atoms with Gasteiger partial charge in [-0.05, 0) is 38.1 Å². The van der Waals surface area contributed by atoms with Gasteiger partial charge in [0.25, 0.3) is 0 Å². The Hall–Kier alpha value is -3.34. The maximum absolute atomic E-state index is 13.0. The van der Waals surface area contributed by atoms with Crippen molar-refractivity contribution in [2.75, 3.05) is 0 Å². The third kappa shape index (κ3) is 5.00. The van der Waals surface area contributed by atoms with E-state index in [-0.39, 0.29) is 33.2 Å². The fourth-order valence-corrected chi connectivity index (χ4v) is 4.61. The van der Waals surface area contributed by atoms with Crippen LogP contribution in [0.15, 0.2) is 36.4 Å². The van der Waals surface area contributed by atoms with Crippen molar-refractivity contribution in [2.45, 2.75) is 75.3 Å². The smallest absolute Gasteiger partial charge is 0.342 e. The van der Waals surface area contributed by atoms with E-state index >= 15 is 0 Å². The van der Waals surface area contributed by atoms with Crippen LogP contribution in [0.1, 0.15) is 34.6 Å². The van der Waals surface area contributed by atoms with E-state index in [1.54, 1.807) is 12.1 Å². The highest BCUT2D eigenvalue weighted by atomic mass is 16.7. The zero-order valence-corrected chi connectivity index (χ0v) is 21.3. The summed E-state index contributed by atoms with van der Waals surface area (Å²) in [6.45, 7) is 2.90. The van der Waals surface area contributed by atoms with Crippen LogP contribution in [0.25, 0.3) is 22.1 Å². The van der Waals surface area contributed by atoms with Gasteiger partial charge in [-0.25, -0.2) is 19.6 Å². The highest BCUT2D eigenvalue weighted by molar-refractivity contribution is 6.07. The number of para-hydroxylation sites is 2. The zero-order chi connectivity index (χ0) is 28.9. The summed E-state index contributed by atoms with van der Waals surface area (Å²) in [5.41, 5.74) is 0.561. The molecule has 6 N–H and O–H groups in total. The summed E-state index contributed by atoms with van der Waals surface area (Å²) in [6.07, 6.45) is -14.2. The number of carbonyl (C=O) groups excluding carboxylic acids is 2. The number of aliphatic hydroxyl groups is 6. The van der Waals surface area contributed by atoms with Crippen LogP contribution in [0.5, 0.6) is 0 Å². The van der Waals surface area contributed by atoms with Crippen molar-refractivity contribution in [1.82, 2.24) is 9.97 Å². The molecule has 1 aromatic heterocycles. The normalized spacial score (nSPS) is 34.5. The molecule has 3 aromatic rings. The van der Waals surface area contributed by atoms with Crippen molar-refractivity contribution in [3.05, 3.63) is 47.5 Å². The van der Waals surface area contributed by atoms with Gasteiger partial charge < -0.3 is 49.6 Å². The lowest BCUT2D eigenvalue weighted by Crippen LogP contribution is -2.57. The Labute approximate surface area is 226 Å². The Morgan fingerprint density at radius 2 is 1.00 bits per heavy atom. The highest BCUT2D eigenvalue weighted by Crippen LogP contribution is 2.27. The lowest BCUT2D eigenvalue weighted by atomic mass is 10.00. The fraction of sp³-hybridized carbons (Fsp3) is 0.462. The molecule has 3 heterocycles. The van der Waals surface area contributed by atoms with Crippen molar-refractivity contribution >= 4 is 34.0 Å². The van der Waals surface area contributed by atoms with Gasteiger partial charge in [0.1, 0.15) is 47.7 Å². The predicted octanol–water partition coefficient (Wildman–Crippen LogP) is -1.25. The van der Waals surface area contributed by atoms with Crippen LogP contribution in [0.4, 0.5) is 0 Å². The van der Waals surface area contributed by atoms with Crippen LogP contribution in [-0.4, -0.2) is 114 Å². The van der Waals surface area contributed by atoms with E-state index in [1.165, 1.54) is 38.1 Å². The van der Waals surface area contributed by atoms with Gasteiger partial charge in [0.05, 0.1) is 34.4 Å². The van der Waals surface area contributed by atoms with E-state index in [0.717, 1.165) is 0 Å². The number of carbonyl (C=O) groups is 2. The predicted molar refractivity (Wildman–Crippen MR) is 133 cm³/mol. The molecule has 2 saturated heterocycles. The maximum atomic E-state index is 13.0. The average Bonchev–Trinajstić information content (AvgIpc) is 2.94. The molecule has 2 aliphatic heterocycles. The van der Waals surface area contributed by atoms with Crippen LogP contribution in [-0.2, 0) is 18.9 Å². The second-order valence-electron chi connectivity index (χ2n) is 9.74. The number of ether oxygens (including phenoxy) is 4. The first-order valence-corrected chi connectivity index (χ1v) is 12.5. The molecule has 0 unspecified atom stereocenters. The fourth-order valence-electron chi connectivity index (χ4n) is 4.61. The Kier molecular flexibility index (Phi) is 7.69. The molecule has 5 rings (SSSR count).